The van der Waals surface area contributed by atoms with E-state index in [1.54, 1.807) is 52.1 Å². The van der Waals surface area contributed by atoms with Crippen LogP contribution in [0.1, 0.15) is 17.2 Å². The van der Waals surface area contributed by atoms with E-state index in [0.717, 1.165) is 16.6 Å². The predicted molar refractivity (Wildman–Crippen MR) is 153 cm³/mol. The molecular weight excluding hydrogens is 560 g/mol. The fourth-order valence-corrected chi connectivity index (χ4v) is 5.11. The van der Waals surface area contributed by atoms with Crippen LogP contribution in [-0.2, 0) is 16.6 Å². The van der Waals surface area contributed by atoms with Crippen molar-refractivity contribution in [1.29, 1.82) is 0 Å². The number of hydrogen-bond donors (Lipinski definition) is 2. The van der Waals surface area contributed by atoms with E-state index in [-0.39, 0.29) is 0 Å². The van der Waals surface area contributed by atoms with E-state index >= 15 is 0 Å². The third-order valence-electron chi connectivity index (χ3n) is 7.24. The molecule has 0 unspecified atom stereocenters. The van der Waals surface area contributed by atoms with Crippen molar-refractivity contribution in [2.45, 2.75) is 19.1 Å². The SMILES string of the molecule is COCCN1C[C@@H](NC(=O)Nc2c(C)c(-c3cnc4c(cnn4C)c3)nn2-c2ccc(F)cc2)[C@H](c2ccnc(F)c2)O1. The van der Waals surface area contributed by atoms with Crippen molar-refractivity contribution in [2.24, 2.45) is 7.05 Å². The largest absolute Gasteiger partial charge is 0.383 e. The molecule has 5 heterocycles. The second-order valence-corrected chi connectivity index (χ2v) is 10.1. The molecule has 6 rings (SSSR count). The molecule has 2 atom stereocenters. The summed E-state index contributed by atoms with van der Waals surface area (Å²) in [6, 6.07) is 9.58. The summed E-state index contributed by atoms with van der Waals surface area (Å²) in [6.07, 6.45) is 4.11. The van der Waals surface area contributed by atoms with Crippen LogP contribution in [0.25, 0.3) is 28.0 Å². The zero-order chi connectivity index (χ0) is 30.1. The maximum absolute atomic E-state index is 14.0. The number of amides is 2. The second kappa shape index (κ2) is 11.8. The number of pyridine rings is 2. The van der Waals surface area contributed by atoms with Crippen LogP contribution in [0, 0.1) is 18.7 Å². The molecule has 0 aliphatic carbocycles. The number of carbonyl (C=O) groups excluding carboxylic acids is 1. The number of aryl methyl sites for hydroxylation is 1. The Bertz CT molecular complexity index is 1770. The minimum atomic E-state index is -0.656. The number of anilines is 1. The van der Waals surface area contributed by atoms with Gasteiger partial charge in [0.15, 0.2) is 5.65 Å². The first kappa shape index (κ1) is 28.3. The smallest absolute Gasteiger partial charge is 0.320 e. The molecule has 0 saturated carbocycles. The van der Waals surface area contributed by atoms with Crippen LogP contribution in [0.4, 0.5) is 19.4 Å². The van der Waals surface area contributed by atoms with Gasteiger partial charge in [0.25, 0.3) is 0 Å². The van der Waals surface area contributed by atoms with Gasteiger partial charge in [0.1, 0.15) is 17.7 Å². The number of hydrogen-bond acceptors (Lipinski definition) is 8. The van der Waals surface area contributed by atoms with Gasteiger partial charge in [0, 0.05) is 56.2 Å². The summed E-state index contributed by atoms with van der Waals surface area (Å²) in [5.41, 5.74) is 3.77. The number of carbonyl (C=O) groups is 1. The fourth-order valence-electron chi connectivity index (χ4n) is 5.11. The molecule has 14 heteroatoms. The molecule has 2 N–H and O–H groups in total. The van der Waals surface area contributed by atoms with Crippen molar-refractivity contribution in [3.05, 3.63) is 83.9 Å². The summed E-state index contributed by atoms with van der Waals surface area (Å²) >= 11 is 0. The number of halogens is 2. The zero-order valence-corrected chi connectivity index (χ0v) is 23.7. The minimum absolute atomic E-state index is 0.337. The molecule has 0 radical (unpaired) electrons. The van der Waals surface area contributed by atoms with Crippen molar-refractivity contribution in [2.75, 3.05) is 32.1 Å². The summed E-state index contributed by atoms with van der Waals surface area (Å²) in [7, 11) is 3.40. The molecule has 12 nitrogen and oxygen atoms in total. The number of hydroxylamine groups is 2. The van der Waals surface area contributed by atoms with Gasteiger partial charge in [0.2, 0.25) is 5.95 Å². The van der Waals surface area contributed by atoms with Crippen LogP contribution in [0.3, 0.4) is 0 Å². The Labute approximate surface area is 245 Å². The molecule has 5 aromatic rings. The Morgan fingerprint density at radius 2 is 1.95 bits per heavy atom. The molecule has 1 saturated heterocycles. The summed E-state index contributed by atoms with van der Waals surface area (Å²) in [4.78, 5) is 27.7. The number of methoxy groups -OCH3 is 1. The Hall–Kier alpha value is -4.79. The summed E-state index contributed by atoms with van der Waals surface area (Å²) in [5.74, 6) is -0.666. The Kier molecular flexibility index (Phi) is 7.80. The highest BCUT2D eigenvalue weighted by Crippen LogP contribution is 2.33. The first-order valence-electron chi connectivity index (χ1n) is 13.5. The highest BCUT2D eigenvalue weighted by Gasteiger charge is 2.37. The van der Waals surface area contributed by atoms with E-state index < -0.39 is 29.9 Å². The van der Waals surface area contributed by atoms with Gasteiger partial charge in [-0.2, -0.15) is 19.7 Å². The van der Waals surface area contributed by atoms with Crippen molar-refractivity contribution in [3.8, 4) is 16.9 Å². The van der Waals surface area contributed by atoms with Gasteiger partial charge in [0.05, 0.1) is 30.2 Å². The van der Waals surface area contributed by atoms with E-state index in [0.29, 0.717) is 48.0 Å². The summed E-state index contributed by atoms with van der Waals surface area (Å²) < 4.78 is 36.1. The maximum atomic E-state index is 14.0. The normalized spacial score (nSPS) is 17.0. The van der Waals surface area contributed by atoms with Crippen LogP contribution in [0.2, 0.25) is 0 Å². The lowest BCUT2D eigenvalue weighted by molar-refractivity contribution is -0.154. The van der Waals surface area contributed by atoms with Crippen molar-refractivity contribution >= 4 is 22.9 Å². The Morgan fingerprint density at radius 3 is 2.72 bits per heavy atom. The topological polar surface area (TPSA) is 124 Å². The van der Waals surface area contributed by atoms with E-state index in [1.165, 1.54) is 24.4 Å². The molecule has 1 aliphatic rings. The number of benzene rings is 1. The average Bonchev–Trinajstić information content (AvgIpc) is 3.67. The lowest BCUT2D eigenvalue weighted by Gasteiger charge is -2.19. The Balaban J connectivity index is 1.31. The second-order valence-electron chi connectivity index (χ2n) is 10.1. The molecule has 2 amide bonds. The molecule has 4 aromatic heterocycles. The Morgan fingerprint density at radius 1 is 1.14 bits per heavy atom. The van der Waals surface area contributed by atoms with Gasteiger partial charge in [-0.05, 0) is 55.0 Å². The number of ether oxygens (including phenoxy) is 1. The first-order valence-corrected chi connectivity index (χ1v) is 13.5. The highest BCUT2D eigenvalue weighted by molar-refractivity contribution is 5.91. The molecule has 43 heavy (non-hydrogen) atoms. The van der Waals surface area contributed by atoms with Crippen molar-refractivity contribution in [3.63, 3.8) is 0 Å². The highest BCUT2D eigenvalue weighted by atomic mass is 19.1. The van der Waals surface area contributed by atoms with Crippen LogP contribution in [-0.4, -0.2) is 73.5 Å². The van der Waals surface area contributed by atoms with Gasteiger partial charge in [-0.1, -0.05) is 0 Å². The van der Waals surface area contributed by atoms with Crippen LogP contribution < -0.4 is 10.6 Å². The van der Waals surface area contributed by atoms with Gasteiger partial charge in [-0.15, -0.1) is 0 Å². The van der Waals surface area contributed by atoms with Gasteiger partial charge >= 0.3 is 6.03 Å². The molecule has 222 valence electrons. The number of rotatable bonds is 8. The molecule has 1 aromatic carbocycles. The molecule has 0 bridgehead atoms. The summed E-state index contributed by atoms with van der Waals surface area (Å²) in [5, 5.41) is 17.4. The predicted octanol–water partition coefficient (Wildman–Crippen LogP) is 3.93. The third kappa shape index (κ3) is 5.80. The third-order valence-corrected chi connectivity index (χ3v) is 7.24. The van der Waals surface area contributed by atoms with E-state index in [4.69, 9.17) is 14.7 Å². The number of aromatic nitrogens is 6. The lowest BCUT2D eigenvalue weighted by Crippen LogP contribution is -2.42. The average molecular weight is 590 g/mol. The van der Waals surface area contributed by atoms with Gasteiger partial charge < -0.3 is 10.1 Å². The summed E-state index contributed by atoms with van der Waals surface area (Å²) in [6.45, 7) is 3.03. The van der Waals surface area contributed by atoms with Crippen molar-refractivity contribution < 1.29 is 23.1 Å². The van der Waals surface area contributed by atoms with E-state index in [1.807, 2.05) is 20.0 Å². The molecule has 1 fully saturated rings. The monoisotopic (exact) mass is 589 g/mol. The van der Waals surface area contributed by atoms with Crippen LogP contribution in [0.5, 0.6) is 0 Å². The number of urea groups is 1. The van der Waals surface area contributed by atoms with Crippen LogP contribution >= 0.6 is 0 Å². The standard InChI is InChI=1S/C29H29F2N9O3/c1-17-25(19-12-20-15-34-38(2)28(20)33-14-19)37-40(22-6-4-21(30)5-7-22)27(17)36-29(41)35-23-16-39(10-11-42-3)43-26(23)18-8-9-32-24(31)13-18/h4-9,12-15,23,26H,10-11,16H2,1-3H3,(H2,35,36,41)/t23-,26+/m1/s1. The number of nitrogens with one attached hydrogen (secondary N) is 2. The minimum Gasteiger partial charge on any atom is -0.383 e. The van der Waals surface area contributed by atoms with Crippen LogP contribution in [0.15, 0.2) is 61.1 Å². The van der Waals surface area contributed by atoms with Crippen molar-refractivity contribution in [1.82, 2.24) is 39.9 Å². The zero-order valence-electron chi connectivity index (χ0n) is 23.7. The first-order chi connectivity index (χ1) is 20.8. The molecule has 1 aliphatic heterocycles. The van der Waals surface area contributed by atoms with Gasteiger partial charge in [-0.25, -0.2) is 23.8 Å². The lowest BCUT2D eigenvalue weighted by atomic mass is 10.0. The van der Waals surface area contributed by atoms with E-state index in [2.05, 4.69) is 25.7 Å². The number of nitrogens with zero attached hydrogens (tertiary/aromatic N) is 7. The quantitative estimate of drug-likeness (QED) is 0.261. The van der Waals surface area contributed by atoms with Gasteiger partial charge in [-0.3, -0.25) is 14.8 Å². The van der Waals surface area contributed by atoms with E-state index in [9.17, 15) is 13.6 Å². The fraction of sp³-hybridized carbons (Fsp3) is 0.276. The molecule has 0 spiro atoms. The molecular formula is C29H29F2N9O3. The number of fused-ring (bicyclic) bond motifs is 1. The maximum Gasteiger partial charge on any atom is 0.320 e.